The Balaban J connectivity index is 1.82. The highest BCUT2D eigenvalue weighted by atomic mass is 16.6. The van der Waals surface area contributed by atoms with Gasteiger partial charge in [0.1, 0.15) is 29.8 Å². The second-order valence-electron chi connectivity index (χ2n) is 9.30. The Kier molecular flexibility index (Phi) is 4.16. The molecule has 1 unspecified atom stereocenters. The molecule has 4 aliphatic rings. The standard InChI is InChI=1S/C23H24O8/c1-10(24)30-13-7-22(2)12(5-6-14(22)25)16-18(13)23(3)15(9-28-4)31-21(27)11-8-29-20(17(11)23)19(16)26/h8,12-13,15H,5-7,9H2,1-4H3/t12-,13+,15+,22-,23?/m0/s1. The Morgan fingerprint density at radius 1 is 1.26 bits per heavy atom. The molecule has 1 fully saturated rings. The maximum absolute atomic E-state index is 13.7. The van der Waals surface area contributed by atoms with Crippen molar-refractivity contribution in [2.75, 3.05) is 13.7 Å². The Bertz CT molecular complexity index is 1080. The molecule has 1 aromatic rings. The Labute approximate surface area is 178 Å². The summed E-state index contributed by atoms with van der Waals surface area (Å²) in [6, 6.07) is 0. The van der Waals surface area contributed by atoms with Crippen molar-refractivity contribution >= 4 is 23.5 Å². The van der Waals surface area contributed by atoms with E-state index in [9.17, 15) is 19.2 Å². The number of ketones is 2. The predicted octanol–water partition coefficient (Wildman–Crippen LogP) is 2.54. The molecule has 1 saturated carbocycles. The molecule has 1 aromatic heterocycles. The molecule has 0 saturated heterocycles. The summed E-state index contributed by atoms with van der Waals surface area (Å²) in [7, 11) is 1.50. The first-order valence-corrected chi connectivity index (χ1v) is 10.5. The molecular formula is C23H24O8. The highest BCUT2D eigenvalue weighted by molar-refractivity contribution is 6.14. The van der Waals surface area contributed by atoms with Crippen molar-refractivity contribution in [2.24, 2.45) is 11.3 Å². The quantitative estimate of drug-likeness (QED) is 0.676. The van der Waals surface area contributed by atoms with Crippen LogP contribution >= 0.6 is 0 Å². The third kappa shape index (κ3) is 2.39. The summed E-state index contributed by atoms with van der Waals surface area (Å²) in [6.07, 6.45) is 0.906. The van der Waals surface area contributed by atoms with Crippen molar-refractivity contribution in [2.45, 2.75) is 57.7 Å². The smallest absolute Gasteiger partial charge is 0.342 e. The molecule has 8 heteroatoms. The molecule has 5 atom stereocenters. The van der Waals surface area contributed by atoms with Crippen LogP contribution in [-0.4, -0.2) is 49.4 Å². The van der Waals surface area contributed by atoms with E-state index < -0.39 is 35.0 Å². The molecule has 0 spiro atoms. The molecule has 164 valence electrons. The van der Waals surface area contributed by atoms with Crippen molar-refractivity contribution in [3.05, 3.63) is 34.3 Å². The van der Waals surface area contributed by atoms with Crippen LogP contribution in [0.25, 0.3) is 0 Å². The van der Waals surface area contributed by atoms with E-state index in [1.165, 1.54) is 20.3 Å². The highest BCUT2D eigenvalue weighted by Crippen LogP contribution is 2.61. The molecule has 0 amide bonds. The van der Waals surface area contributed by atoms with Gasteiger partial charge in [0.15, 0.2) is 5.76 Å². The van der Waals surface area contributed by atoms with Crippen LogP contribution in [0.3, 0.4) is 0 Å². The molecule has 1 aliphatic heterocycles. The SMILES string of the molecule is COC[C@H]1OC(=O)c2coc3c2C1(C)C1=C(C3=O)[C@@H]2CCC(=O)[C@@]2(C)C[C@H]1OC(C)=O. The lowest BCUT2D eigenvalue weighted by Gasteiger charge is -2.51. The molecule has 5 rings (SSSR count). The number of fused-ring (bicyclic) bond motifs is 3. The summed E-state index contributed by atoms with van der Waals surface area (Å²) >= 11 is 0. The van der Waals surface area contributed by atoms with E-state index in [1.807, 2.05) is 13.8 Å². The number of carbonyl (C=O) groups excluding carboxylic acids is 4. The second-order valence-corrected chi connectivity index (χ2v) is 9.30. The van der Waals surface area contributed by atoms with E-state index in [-0.39, 0.29) is 41.8 Å². The summed E-state index contributed by atoms with van der Waals surface area (Å²) in [4.78, 5) is 51.2. The number of Topliss-reactive ketones (excluding diaryl/α,β-unsaturated/α-hetero) is 2. The molecule has 3 aliphatic carbocycles. The van der Waals surface area contributed by atoms with E-state index in [2.05, 4.69) is 0 Å². The number of allylic oxidation sites excluding steroid dienone is 1. The van der Waals surface area contributed by atoms with Crippen molar-refractivity contribution < 1.29 is 37.8 Å². The Hall–Kier alpha value is -2.74. The molecule has 0 N–H and O–H groups in total. The van der Waals surface area contributed by atoms with Crippen LogP contribution in [0.15, 0.2) is 21.8 Å². The molecular weight excluding hydrogens is 404 g/mol. The van der Waals surface area contributed by atoms with Crippen molar-refractivity contribution in [3.8, 4) is 0 Å². The van der Waals surface area contributed by atoms with Gasteiger partial charge in [0.05, 0.1) is 12.0 Å². The number of furan rings is 1. The van der Waals surface area contributed by atoms with Gasteiger partial charge in [-0.25, -0.2) is 4.79 Å². The number of hydrogen-bond donors (Lipinski definition) is 0. The molecule has 8 nitrogen and oxygen atoms in total. The lowest BCUT2D eigenvalue weighted by atomic mass is 9.54. The van der Waals surface area contributed by atoms with Crippen LogP contribution in [-0.2, 0) is 29.2 Å². The van der Waals surface area contributed by atoms with Crippen LogP contribution < -0.4 is 0 Å². The van der Waals surface area contributed by atoms with E-state index in [0.717, 1.165) is 0 Å². The summed E-state index contributed by atoms with van der Waals surface area (Å²) in [6.45, 7) is 5.11. The maximum atomic E-state index is 13.7. The first-order valence-electron chi connectivity index (χ1n) is 10.5. The van der Waals surface area contributed by atoms with E-state index >= 15 is 0 Å². The van der Waals surface area contributed by atoms with Gasteiger partial charge in [0.25, 0.3) is 0 Å². The number of cyclic esters (lactones) is 1. The number of rotatable bonds is 3. The normalized spacial score (nSPS) is 36.0. The molecule has 2 heterocycles. The lowest BCUT2D eigenvalue weighted by molar-refractivity contribution is -0.149. The van der Waals surface area contributed by atoms with Gasteiger partial charge in [0, 0.05) is 49.3 Å². The van der Waals surface area contributed by atoms with Crippen LogP contribution in [0.5, 0.6) is 0 Å². The largest absolute Gasteiger partial charge is 0.460 e. The number of hydrogen-bond acceptors (Lipinski definition) is 8. The molecule has 31 heavy (non-hydrogen) atoms. The third-order valence-corrected chi connectivity index (χ3v) is 7.70. The topological polar surface area (TPSA) is 109 Å². The van der Waals surface area contributed by atoms with Crippen LogP contribution in [0.2, 0.25) is 0 Å². The number of carbonyl (C=O) groups is 4. The summed E-state index contributed by atoms with van der Waals surface area (Å²) in [5.74, 6) is -1.58. The minimum Gasteiger partial charge on any atom is -0.460 e. The van der Waals surface area contributed by atoms with E-state index in [1.54, 1.807) is 0 Å². The summed E-state index contributed by atoms with van der Waals surface area (Å²) < 4.78 is 22.4. The van der Waals surface area contributed by atoms with Crippen LogP contribution in [0, 0.1) is 11.3 Å². The van der Waals surface area contributed by atoms with Gasteiger partial charge in [0.2, 0.25) is 5.78 Å². The fourth-order valence-corrected chi connectivity index (χ4v) is 6.28. The Morgan fingerprint density at radius 3 is 2.68 bits per heavy atom. The summed E-state index contributed by atoms with van der Waals surface area (Å²) in [5.41, 5.74) is -0.0741. The lowest BCUT2D eigenvalue weighted by Crippen LogP contribution is -2.57. The second kappa shape index (κ2) is 6.38. The molecule has 0 radical (unpaired) electrons. The van der Waals surface area contributed by atoms with Crippen LogP contribution in [0.1, 0.15) is 66.5 Å². The first kappa shape index (κ1) is 20.2. The fourth-order valence-electron chi connectivity index (χ4n) is 6.28. The average molecular weight is 428 g/mol. The molecule has 0 bridgehead atoms. The first-order chi connectivity index (χ1) is 14.6. The zero-order valence-electron chi connectivity index (χ0n) is 17.9. The van der Waals surface area contributed by atoms with Gasteiger partial charge in [-0.1, -0.05) is 6.92 Å². The van der Waals surface area contributed by atoms with E-state index in [0.29, 0.717) is 29.6 Å². The predicted molar refractivity (Wildman–Crippen MR) is 105 cm³/mol. The minimum absolute atomic E-state index is 0.0635. The van der Waals surface area contributed by atoms with Crippen LogP contribution in [0.4, 0.5) is 0 Å². The van der Waals surface area contributed by atoms with Gasteiger partial charge >= 0.3 is 11.9 Å². The van der Waals surface area contributed by atoms with Crippen molar-refractivity contribution in [3.63, 3.8) is 0 Å². The van der Waals surface area contributed by atoms with Gasteiger partial charge in [-0.05, 0) is 18.9 Å². The van der Waals surface area contributed by atoms with Crippen molar-refractivity contribution in [1.82, 2.24) is 0 Å². The summed E-state index contributed by atoms with van der Waals surface area (Å²) in [5, 5.41) is 0. The number of methoxy groups -OCH3 is 1. The number of ether oxygens (including phenoxy) is 3. The van der Waals surface area contributed by atoms with Crippen molar-refractivity contribution in [1.29, 1.82) is 0 Å². The van der Waals surface area contributed by atoms with E-state index in [4.69, 9.17) is 18.6 Å². The zero-order valence-corrected chi connectivity index (χ0v) is 17.9. The Morgan fingerprint density at radius 2 is 2.00 bits per heavy atom. The fraction of sp³-hybridized carbons (Fsp3) is 0.565. The highest BCUT2D eigenvalue weighted by Gasteiger charge is 2.64. The average Bonchev–Trinajstić information content (AvgIpc) is 3.27. The zero-order chi connectivity index (χ0) is 22.3. The van der Waals surface area contributed by atoms with Gasteiger partial charge < -0.3 is 18.6 Å². The third-order valence-electron chi connectivity index (χ3n) is 7.70. The monoisotopic (exact) mass is 428 g/mol. The van der Waals surface area contributed by atoms with Gasteiger partial charge in [-0.15, -0.1) is 0 Å². The van der Waals surface area contributed by atoms with Gasteiger partial charge in [-0.3, -0.25) is 14.4 Å². The van der Waals surface area contributed by atoms with Gasteiger partial charge in [-0.2, -0.15) is 0 Å². The number of esters is 2. The molecule has 0 aromatic carbocycles. The minimum atomic E-state index is -0.988. The maximum Gasteiger partial charge on any atom is 0.342 e.